The number of nitrogen functional groups attached to an aromatic ring is 1. The van der Waals surface area contributed by atoms with Crippen molar-refractivity contribution in [1.29, 1.82) is 0 Å². The number of methoxy groups -OCH3 is 1. The SMILES string of the molecule is CCN1CCC[C@@H]1CCC(=O)c1cc(S(=O)(=O)CC)c(N)cc1OC. The Labute approximate surface area is 150 Å². The molecule has 0 unspecified atom stereocenters. The first kappa shape index (κ1) is 19.7. The Morgan fingerprint density at radius 3 is 2.68 bits per heavy atom. The number of carbonyl (C=O) groups is 1. The van der Waals surface area contributed by atoms with E-state index in [2.05, 4.69) is 11.8 Å². The molecule has 1 aromatic rings. The fourth-order valence-corrected chi connectivity index (χ4v) is 4.48. The molecule has 0 bridgehead atoms. The third-order valence-corrected chi connectivity index (χ3v) is 6.74. The van der Waals surface area contributed by atoms with Crippen LogP contribution in [0.5, 0.6) is 5.75 Å². The van der Waals surface area contributed by atoms with E-state index in [0.29, 0.717) is 23.8 Å². The molecule has 140 valence electrons. The van der Waals surface area contributed by atoms with Gasteiger partial charge in [-0.15, -0.1) is 0 Å². The average Bonchev–Trinajstić information content (AvgIpc) is 3.06. The Morgan fingerprint density at radius 2 is 2.08 bits per heavy atom. The molecule has 0 amide bonds. The Balaban J connectivity index is 2.24. The van der Waals surface area contributed by atoms with Crippen molar-refractivity contribution in [2.75, 3.05) is 31.7 Å². The van der Waals surface area contributed by atoms with Crippen LogP contribution in [0.4, 0.5) is 5.69 Å². The van der Waals surface area contributed by atoms with Crippen LogP contribution < -0.4 is 10.5 Å². The number of nitrogens with zero attached hydrogens (tertiary/aromatic N) is 1. The van der Waals surface area contributed by atoms with E-state index in [9.17, 15) is 13.2 Å². The van der Waals surface area contributed by atoms with Crippen molar-refractivity contribution in [3.63, 3.8) is 0 Å². The van der Waals surface area contributed by atoms with E-state index >= 15 is 0 Å². The summed E-state index contributed by atoms with van der Waals surface area (Å²) in [5.41, 5.74) is 6.27. The van der Waals surface area contributed by atoms with Gasteiger partial charge >= 0.3 is 0 Å². The van der Waals surface area contributed by atoms with E-state index in [-0.39, 0.29) is 22.1 Å². The fraction of sp³-hybridized carbons (Fsp3) is 0.611. The number of nitrogens with two attached hydrogens (primary N) is 1. The molecule has 1 aliphatic heterocycles. The highest BCUT2D eigenvalue weighted by Gasteiger charge is 2.26. The molecule has 25 heavy (non-hydrogen) atoms. The van der Waals surface area contributed by atoms with Crippen LogP contribution in [0.2, 0.25) is 0 Å². The molecule has 0 aliphatic carbocycles. The van der Waals surface area contributed by atoms with E-state index in [4.69, 9.17) is 10.5 Å². The number of ether oxygens (including phenoxy) is 1. The summed E-state index contributed by atoms with van der Waals surface area (Å²) in [6.07, 6.45) is 3.41. The third-order valence-electron chi connectivity index (χ3n) is 4.96. The highest BCUT2D eigenvalue weighted by Crippen LogP contribution is 2.31. The maximum Gasteiger partial charge on any atom is 0.180 e. The van der Waals surface area contributed by atoms with Crippen molar-refractivity contribution < 1.29 is 17.9 Å². The minimum atomic E-state index is -3.49. The van der Waals surface area contributed by atoms with Gasteiger partial charge in [-0.05, 0) is 38.4 Å². The maximum absolute atomic E-state index is 12.7. The van der Waals surface area contributed by atoms with Gasteiger partial charge in [-0.2, -0.15) is 0 Å². The predicted octanol–water partition coefficient (Wildman–Crippen LogP) is 2.52. The van der Waals surface area contributed by atoms with Crippen LogP contribution in [0.25, 0.3) is 0 Å². The van der Waals surface area contributed by atoms with E-state index in [0.717, 1.165) is 32.4 Å². The molecule has 1 aromatic carbocycles. The number of rotatable bonds is 8. The monoisotopic (exact) mass is 368 g/mol. The second-order valence-electron chi connectivity index (χ2n) is 6.38. The van der Waals surface area contributed by atoms with Gasteiger partial charge in [0, 0.05) is 18.5 Å². The quantitative estimate of drug-likeness (QED) is 0.560. The number of Topliss-reactive ketones (excluding diaryl/α,β-unsaturated/α-hetero) is 1. The summed E-state index contributed by atoms with van der Waals surface area (Å²) >= 11 is 0. The molecular weight excluding hydrogens is 340 g/mol. The Morgan fingerprint density at radius 1 is 1.36 bits per heavy atom. The number of hydrogen-bond acceptors (Lipinski definition) is 6. The van der Waals surface area contributed by atoms with Crippen LogP contribution in [-0.4, -0.2) is 51.1 Å². The highest BCUT2D eigenvalue weighted by molar-refractivity contribution is 7.91. The summed E-state index contributed by atoms with van der Waals surface area (Å²) in [5.74, 6) is 0.161. The molecule has 0 radical (unpaired) electrons. The van der Waals surface area contributed by atoms with Crippen LogP contribution in [-0.2, 0) is 9.84 Å². The molecule has 1 aliphatic rings. The van der Waals surface area contributed by atoms with Gasteiger partial charge in [0.15, 0.2) is 15.6 Å². The molecular formula is C18H28N2O4S. The van der Waals surface area contributed by atoms with Gasteiger partial charge in [-0.3, -0.25) is 4.79 Å². The summed E-state index contributed by atoms with van der Waals surface area (Å²) in [4.78, 5) is 15.1. The second kappa shape index (κ2) is 8.19. The summed E-state index contributed by atoms with van der Waals surface area (Å²) in [6, 6.07) is 3.23. The molecule has 0 spiro atoms. The summed E-state index contributed by atoms with van der Waals surface area (Å²) in [6.45, 7) is 5.76. The average molecular weight is 368 g/mol. The first-order valence-corrected chi connectivity index (χ1v) is 10.5. The lowest BCUT2D eigenvalue weighted by atomic mass is 10.0. The number of benzene rings is 1. The molecule has 0 aromatic heterocycles. The minimum absolute atomic E-state index is 0.00945. The standard InChI is InChI=1S/C18H28N2O4S/c1-4-20-10-6-7-13(20)8-9-16(21)14-11-18(25(22,23)5-2)15(19)12-17(14)24-3/h11-13H,4-10,19H2,1-3H3/t13-/m1/s1. The van der Waals surface area contributed by atoms with Crippen LogP contribution in [0.3, 0.4) is 0 Å². The van der Waals surface area contributed by atoms with Gasteiger partial charge in [0.05, 0.1) is 29.0 Å². The summed E-state index contributed by atoms with van der Waals surface area (Å²) in [5, 5.41) is 0. The van der Waals surface area contributed by atoms with Gasteiger partial charge in [-0.25, -0.2) is 8.42 Å². The minimum Gasteiger partial charge on any atom is -0.496 e. The molecule has 2 N–H and O–H groups in total. The van der Waals surface area contributed by atoms with Gasteiger partial charge in [0.1, 0.15) is 5.75 Å². The van der Waals surface area contributed by atoms with Gasteiger partial charge in [0.2, 0.25) is 0 Å². The smallest absolute Gasteiger partial charge is 0.180 e. The number of sulfone groups is 1. The predicted molar refractivity (Wildman–Crippen MR) is 99.0 cm³/mol. The topological polar surface area (TPSA) is 89.7 Å². The number of carbonyl (C=O) groups excluding carboxylic acids is 1. The molecule has 2 rings (SSSR count). The van der Waals surface area contributed by atoms with Gasteiger partial charge < -0.3 is 15.4 Å². The zero-order chi connectivity index (χ0) is 18.6. The molecule has 6 nitrogen and oxygen atoms in total. The molecule has 1 atom stereocenters. The first-order chi connectivity index (χ1) is 11.8. The lowest BCUT2D eigenvalue weighted by Crippen LogP contribution is -2.29. The van der Waals surface area contributed by atoms with E-state index in [1.807, 2.05) is 0 Å². The van der Waals surface area contributed by atoms with Crippen molar-refractivity contribution in [3.8, 4) is 5.75 Å². The van der Waals surface area contributed by atoms with Crippen molar-refractivity contribution in [1.82, 2.24) is 4.90 Å². The zero-order valence-electron chi connectivity index (χ0n) is 15.2. The van der Waals surface area contributed by atoms with E-state index in [1.165, 1.54) is 19.2 Å². The van der Waals surface area contributed by atoms with Crippen LogP contribution in [0.15, 0.2) is 17.0 Å². The highest BCUT2D eigenvalue weighted by atomic mass is 32.2. The summed E-state index contributed by atoms with van der Waals surface area (Å²) < 4.78 is 29.7. The lowest BCUT2D eigenvalue weighted by Gasteiger charge is -2.22. The molecule has 1 heterocycles. The maximum atomic E-state index is 12.7. The zero-order valence-corrected chi connectivity index (χ0v) is 16.1. The number of anilines is 1. The molecule has 7 heteroatoms. The van der Waals surface area contributed by atoms with Crippen LogP contribution >= 0.6 is 0 Å². The normalized spacial score (nSPS) is 18.4. The fourth-order valence-electron chi connectivity index (χ4n) is 3.46. The van der Waals surface area contributed by atoms with Gasteiger partial charge in [0.25, 0.3) is 0 Å². The molecule has 1 fully saturated rings. The number of hydrogen-bond donors (Lipinski definition) is 1. The van der Waals surface area contributed by atoms with Crippen molar-refractivity contribution >= 4 is 21.3 Å². The first-order valence-electron chi connectivity index (χ1n) is 8.81. The second-order valence-corrected chi connectivity index (χ2v) is 8.63. The van der Waals surface area contributed by atoms with Crippen molar-refractivity contribution in [2.24, 2.45) is 0 Å². The number of ketones is 1. The van der Waals surface area contributed by atoms with E-state index in [1.54, 1.807) is 6.92 Å². The largest absolute Gasteiger partial charge is 0.496 e. The Hall–Kier alpha value is -1.60. The molecule has 1 saturated heterocycles. The van der Waals surface area contributed by atoms with Crippen LogP contribution in [0, 0.1) is 0 Å². The van der Waals surface area contributed by atoms with Gasteiger partial charge in [-0.1, -0.05) is 13.8 Å². The van der Waals surface area contributed by atoms with Crippen LogP contribution in [0.1, 0.15) is 49.9 Å². The lowest BCUT2D eigenvalue weighted by molar-refractivity contribution is 0.0964. The Bertz CT molecular complexity index is 731. The van der Waals surface area contributed by atoms with E-state index < -0.39 is 9.84 Å². The number of likely N-dealkylation sites (tertiary alicyclic amines) is 1. The summed E-state index contributed by atoms with van der Waals surface area (Å²) in [7, 11) is -2.04. The van der Waals surface area contributed by atoms with Crippen molar-refractivity contribution in [3.05, 3.63) is 17.7 Å². The van der Waals surface area contributed by atoms with Crippen molar-refractivity contribution in [2.45, 2.75) is 50.5 Å². The Kier molecular flexibility index (Phi) is 6.46. The molecule has 0 saturated carbocycles. The third kappa shape index (κ3) is 4.33.